The summed E-state index contributed by atoms with van der Waals surface area (Å²) >= 11 is 0. The van der Waals surface area contributed by atoms with Gasteiger partial charge in [-0.3, -0.25) is 4.79 Å². The zero-order valence-corrected chi connectivity index (χ0v) is 7.20. The average Bonchev–Trinajstić information content (AvgIpc) is 2.55. The molecule has 68 valence electrons. The van der Waals surface area contributed by atoms with E-state index in [2.05, 4.69) is 0 Å². The second kappa shape index (κ2) is 3.99. The van der Waals surface area contributed by atoms with Crippen LogP contribution in [0.3, 0.4) is 0 Å². The molecule has 0 saturated carbocycles. The molecule has 0 bridgehead atoms. The molecule has 0 aliphatic carbocycles. The van der Waals surface area contributed by atoms with Gasteiger partial charge in [0.25, 0.3) is 0 Å². The summed E-state index contributed by atoms with van der Waals surface area (Å²) in [5.41, 5.74) is 0. The van der Waals surface area contributed by atoms with E-state index in [-0.39, 0.29) is 18.7 Å². The maximum atomic E-state index is 11.1. The standard InChI is InChI=1S/C8H12O4/c1-3-11-8(9)6(2)7-4-10-5-12-7/h4,6H,3,5H2,1-2H3. The fourth-order valence-corrected chi connectivity index (χ4v) is 0.863. The minimum Gasteiger partial charge on any atom is -0.465 e. The highest BCUT2D eigenvalue weighted by Crippen LogP contribution is 2.18. The summed E-state index contributed by atoms with van der Waals surface area (Å²) in [6, 6.07) is 0. The van der Waals surface area contributed by atoms with Gasteiger partial charge in [0.2, 0.25) is 6.79 Å². The van der Waals surface area contributed by atoms with Gasteiger partial charge in [-0.05, 0) is 13.8 Å². The molecule has 1 unspecified atom stereocenters. The third-order valence-electron chi connectivity index (χ3n) is 1.56. The third-order valence-corrected chi connectivity index (χ3v) is 1.56. The molecule has 0 aromatic carbocycles. The lowest BCUT2D eigenvalue weighted by Gasteiger charge is -2.09. The van der Waals surface area contributed by atoms with E-state index >= 15 is 0 Å². The molecule has 0 N–H and O–H groups in total. The molecular weight excluding hydrogens is 160 g/mol. The van der Waals surface area contributed by atoms with E-state index in [9.17, 15) is 4.79 Å². The highest BCUT2D eigenvalue weighted by molar-refractivity contribution is 5.74. The number of ether oxygens (including phenoxy) is 3. The maximum absolute atomic E-state index is 11.1. The molecule has 1 atom stereocenters. The van der Waals surface area contributed by atoms with Crippen molar-refractivity contribution in [2.24, 2.45) is 5.92 Å². The molecule has 4 heteroatoms. The molecular formula is C8H12O4. The molecule has 0 saturated heterocycles. The molecule has 1 aliphatic rings. The van der Waals surface area contributed by atoms with E-state index in [1.807, 2.05) is 0 Å². The van der Waals surface area contributed by atoms with Crippen LogP contribution in [0.15, 0.2) is 12.0 Å². The summed E-state index contributed by atoms with van der Waals surface area (Å²) in [6.07, 6.45) is 1.45. The zero-order valence-electron chi connectivity index (χ0n) is 7.20. The summed E-state index contributed by atoms with van der Waals surface area (Å²) in [4.78, 5) is 11.1. The van der Waals surface area contributed by atoms with Gasteiger partial charge in [0.05, 0.1) is 6.61 Å². The Kier molecular flexibility index (Phi) is 2.96. The van der Waals surface area contributed by atoms with Crippen LogP contribution in [0.5, 0.6) is 0 Å². The van der Waals surface area contributed by atoms with Gasteiger partial charge < -0.3 is 14.2 Å². The first kappa shape index (κ1) is 8.90. The Hall–Kier alpha value is -1.19. The number of carbonyl (C=O) groups is 1. The first-order valence-corrected chi connectivity index (χ1v) is 3.86. The molecule has 0 amide bonds. The molecule has 1 aliphatic heterocycles. The van der Waals surface area contributed by atoms with Crippen molar-refractivity contribution in [3.63, 3.8) is 0 Å². The molecule has 0 aromatic heterocycles. The van der Waals surface area contributed by atoms with E-state index in [1.165, 1.54) is 6.26 Å². The Labute approximate surface area is 71.1 Å². The molecule has 0 fully saturated rings. The smallest absolute Gasteiger partial charge is 0.316 e. The Morgan fingerprint density at radius 3 is 3.08 bits per heavy atom. The highest BCUT2D eigenvalue weighted by Gasteiger charge is 2.23. The highest BCUT2D eigenvalue weighted by atomic mass is 16.7. The molecule has 4 nitrogen and oxygen atoms in total. The first-order chi connectivity index (χ1) is 5.75. The van der Waals surface area contributed by atoms with Crippen LogP contribution in [0.2, 0.25) is 0 Å². The van der Waals surface area contributed by atoms with Crippen molar-refractivity contribution in [3.8, 4) is 0 Å². The Morgan fingerprint density at radius 1 is 1.83 bits per heavy atom. The van der Waals surface area contributed by atoms with Crippen molar-refractivity contribution in [1.29, 1.82) is 0 Å². The van der Waals surface area contributed by atoms with Gasteiger partial charge in [-0.15, -0.1) is 0 Å². The fraction of sp³-hybridized carbons (Fsp3) is 0.625. The molecule has 0 radical (unpaired) electrons. The monoisotopic (exact) mass is 172 g/mol. The van der Waals surface area contributed by atoms with Crippen LogP contribution in [0.25, 0.3) is 0 Å². The average molecular weight is 172 g/mol. The topological polar surface area (TPSA) is 44.8 Å². The van der Waals surface area contributed by atoms with Gasteiger partial charge in [-0.25, -0.2) is 0 Å². The number of carbonyl (C=O) groups excluding carboxylic acids is 1. The van der Waals surface area contributed by atoms with Crippen LogP contribution in [-0.2, 0) is 19.0 Å². The minimum atomic E-state index is -0.368. The number of hydrogen-bond acceptors (Lipinski definition) is 4. The van der Waals surface area contributed by atoms with Crippen LogP contribution in [0, 0.1) is 5.92 Å². The molecule has 0 spiro atoms. The second-order valence-corrected chi connectivity index (χ2v) is 2.42. The van der Waals surface area contributed by atoms with E-state index in [0.29, 0.717) is 12.4 Å². The van der Waals surface area contributed by atoms with Gasteiger partial charge in [-0.1, -0.05) is 0 Å². The maximum Gasteiger partial charge on any atom is 0.316 e. The van der Waals surface area contributed by atoms with E-state index in [0.717, 1.165) is 0 Å². The second-order valence-electron chi connectivity index (χ2n) is 2.42. The predicted octanol–water partition coefficient (Wildman–Crippen LogP) is 1.03. The van der Waals surface area contributed by atoms with Gasteiger partial charge in [0.1, 0.15) is 17.9 Å². The van der Waals surface area contributed by atoms with Crippen LogP contribution in [-0.4, -0.2) is 19.4 Å². The van der Waals surface area contributed by atoms with Gasteiger partial charge in [0, 0.05) is 0 Å². The van der Waals surface area contributed by atoms with Crippen LogP contribution < -0.4 is 0 Å². The summed E-state index contributed by atoms with van der Waals surface area (Å²) in [6.45, 7) is 4.07. The number of rotatable bonds is 3. The quantitative estimate of drug-likeness (QED) is 0.596. The Morgan fingerprint density at radius 2 is 2.58 bits per heavy atom. The van der Waals surface area contributed by atoms with Crippen LogP contribution in [0.4, 0.5) is 0 Å². The number of esters is 1. The summed E-state index contributed by atoms with van der Waals surface area (Å²) < 4.78 is 14.6. The van der Waals surface area contributed by atoms with Crippen molar-refractivity contribution in [2.45, 2.75) is 13.8 Å². The SMILES string of the molecule is CCOC(=O)C(C)C1=COCO1. The summed E-state index contributed by atoms with van der Waals surface area (Å²) in [5.74, 6) is -0.116. The van der Waals surface area contributed by atoms with Crippen LogP contribution >= 0.6 is 0 Å². The predicted molar refractivity (Wildman–Crippen MR) is 40.9 cm³/mol. The van der Waals surface area contributed by atoms with E-state index < -0.39 is 0 Å². The van der Waals surface area contributed by atoms with Crippen molar-refractivity contribution in [1.82, 2.24) is 0 Å². The Bertz CT molecular complexity index is 197. The lowest BCUT2D eigenvalue weighted by Crippen LogP contribution is -2.17. The number of hydrogen-bond donors (Lipinski definition) is 0. The van der Waals surface area contributed by atoms with E-state index in [1.54, 1.807) is 13.8 Å². The molecule has 1 heterocycles. The third kappa shape index (κ3) is 1.90. The van der Waals surface area contributed by atoms with Gasteiger partial charge >= 0.3 is 5.97 Å². The molecule has 0 aromatic rings. The zero-order chi connectivity index (χ0) is 8.97. The van der Waals surface area contributed by atoms with E-state index in [4.69, 9.17) is 14.2 Å². The lowest BCUT2D eigenvalue weighted by molar-refractivity contribution is -0.147. The van der Waals surface area contributed by atoms with Gasteiger partial charge in [0.15, 0.2) is 0 Å². The van der Waals surface area contributed by atoms with Gasteiger partial charge in [-0.2, -0.15) is 0 Å². The summed E-state index contributed by atoms with van der Waals surface area (Å²) in [5, 5.41) is 0. The van der Waals surface area contributed by atoms with Crippen LogP contribution in [0.1, 0.15) is 13.8 Å². The molecule has 1 rings (SSSR count). The fourth-order valence-electron chi connectivity index (χ4n) is 0.863. The van der Waals surface area contributed by atoms with Crippen molar-refractivity contribution in [3.05, 3.63) is 12.0 Å². The van der Waals surface area contributed by atoms with Crippen molar-refractivity contribution in [2.75, 3.05) is 13.4 Å². The largest absolute Gasteiger partial charge is 0.465 e. The van der Waals surface area contributed by atoms with Crippen molar-refractivity contribution >= 4 is 5.97 Å². The van der Waals surface area contributed by atoms with Crippen molar-refractivity contribution < 1.29 is 19.0 Å². The lowest BCUT2D eigenvalue weighted by atomic mass is 10.1. The molecule has 12 heavy (non-hydrogen) atoms. The first-order valence-electron chi connectivity index (χ1n) is 3.86. The Balaban J connectivity index is 2.45. The normalized spacial score (nSPS) is 17.3. The minimum absolute atomic E-state index is 0.194. The summed E-state index contributed by atoms with van der Waals surface area (Å²) in [7, 11) is 0.